The Hall–Kier alpha value is -2.73. The minimum absolute atomic E-state index is 0.0287. The molecule has 0 saturated carbocycles. The predicted molar refractivity (Wildman–Crippen MR) is 112 cm³/mol. The number of carbonyl (C=O) groups excluding carboxylic acids is 2. The highest BCUT2D eigenvalue weighted by molar-refractivity contribution is 5.98. The van der Waals surface area contributed by atoms with Gasteiger partial charge in [0.2, 0.25) is 0 Å². The van der Waals surface area contributed by atoms with Gasteiger partial charge in [-0.2, -0.15) is 0 Å². The first kappa shape index (κ1) is 21.0. The average Bonchev–Trinajstić information content (AvgIpc) is 2.77. The molecule has 3 rings (SSSR count). The first-order valence-corrected chi connectivity index (χ1v) is 10.2. The normalized spacial score (nSPS) is 14.6. The van der Waals surface area contributed by atoms with Crippen LogP contribution in [0.2, 0.25) is 0 Å². The zero-order chi connectivity index (χ0) is 20.5. The van der Waals surface area contributed by atoms with E-state index in [0.717, 1.165) is 38.8 Å². The van der Waals surface area contributed by atoms with Crippen molar-refractivity contribution in [3.05, 3.63) is 65.5 Å². The van der Waals surface area contributed by atoms with E-state index in [1.54, 1.807) is 19.2 Å². The lowest BCUT2D eigenvalue weighted by Crippen LogP contribution is -2.39. The van der Waals surface area contributed by atoms with Crippen LogP contribution in [0.1, 0.15) is 45.7 Å². The molecule has 154 valence electrons. The maximum atomic E-state index is 12.9. The number of carbonyl (C=O) groups is 2. The van der Waals surface area contributed by atoms with Crippen molar-refractivity contribution in [2.24, 2.45) is 5.92 Å². The summed E-state index contributed by atoms with van der Waals surface area (Å²) in [5.74, 6) is 0.309. The third kappa shape index (κ3) is 6.12. The molecule has 2 aromatic rings. The first-order chi connectivity index (χ1) is 14.2. The van der Waals surface area contributed by atoms with Crippen LogP contribution in [-0.2, 0) is 11.2 Å². The van der Waals surface area contributed by atoms with E-state index in [0.29, 0.717) is 24.6 Å². The topological polar surface area (TPSA) is 71.5 Å². The Morgan fingerprint density at radius 1 is 1.17 bits per heavy atom. The molecule has 1 aliphatic heterocycles. The molecule has 2 heterocycles. The van der Waals surface area contributed by atoms with Gasteiger partial charge in [-0.25, -0.2) is 0 Å². The number of piperidine rings is 1. The van der Waals surface area contributed by atoms with Crippen LogP contribution in [0.25, 0.3) is 0 Å². The third-order valence-electron chi connectivity index (χ3n) is 5.32. The van der Waals surface area contributed by atoms with Crippen molar-refractivity contribution in [1.29, 1.82) is 0 Å². The van der Waals surface area contributed by atoms with Gasteiger partial charge >= 0.3 is 0 Å². The molecule has 1 aromatic heterocycles. The molecule has 0 aliphatic carbocycles. The largest absolute Gasteiger partial charge is 0.385 e. The van der Waals surface area contributed by atoms with Gasteiger partial charge in [-0.1, -0.05) is 30.3 Å². The Labute approximate surface area is 172 Å². The van der Waals surface area contributed by atoms with Crippen LogP contribution in [0.5, 0.6) is 0 Å². The molecule has 1 saturated heterocycles. The van der Waals surface area contributed by atoms with E-state index in [9.17, 15) is 9.59 Å². The van der Waals surface area contributed by atoms with Gasteiger partial charge in [-0.3, -0.25) is 14.6 Å². The number of amides is 2. The Morgan fingerprint density at radius 3 is 2.66 bits per heavy atom. The van der Waals surface area contributed by atoms with Gasteiger partial charge in [0, 0.05) is 45.1 Å². The lowest BCUT2D eigenvalue weighted by Gasteiger charge is -2.32. The van der Waals surface area contributed by atoms with Crippen molar-refractivity contribution < 1.29 is 14.3 Å². The van der Waals surface area contributed by atoms with Crippen LogP contribution < -0.4 is 5.32 Å². The highest BCUT2D eigenvalue weighted by atomic mass is 16.5. The molecule has 0 radical (unpaired) electrons. The van der Waals surface area contributed by atoms with Gasteiger partial charge in [0.1, 0.15) is 5.69 Å². The molecule has 1 aliphatic rings. The number of aromatic nitrogens is 1. The first-order valence-electron chi connectivity index (χ1n) is 10.2. The molecule has 2 amide bonds. The second-order valence-electron chi connectivity index (χ2n) is 7.46. The monoisotopic (exact) mass is 395 g/mol. The summed E-state index contributed by atoms with van der Waals surface area (Å²) in [5, 5.41) is 2.80. The number of methoxy groups -OCH3 is 1. The van der Waals surface area contributed by atoms with Gasteiger partial charge in [-0.15, -0.1) is 0 Å². The Morgan fingerprint density at radius 2 is 1.93 bits per heavy atom. The fourth-order valence-electron chi connectivity index (χ4n) is 3.67. The molecular formula is C23H29N3O3. The summed E-state index contributed by atoms with van der Waals surface area (Å²) in [6.07, 6.45) is 5.32. The highest BCUT2D eigenvalue weighted by Crippen LogP contribution is 2.23. The summed E-state index contributed by atoms with van der Waals surface area (Å²) in [4.78, 5) is 31.1. The number of hydrogen-bond donors (Lipinski definition) is 1. The molecule has 0 atom stereocenters. The number of hydrogen-bond acceptors (Lipinski definition) is 4. The molecular weight excluding hydrogens is 366 g/mol. The van der Waals surface area contributed by atoms with Crippen LogP contribution in [0.3, 0.4) is 0 Å². The van der Waals surface area contributed by atoms with Gasteiger partial charge < -0.3 is 15.0 Å². The van der Waals surface area contributed by atoms with E-state index in [1.165, 1.54) is 11.8 Å². The lowest BCUT2D eigenvalue weighted by atomic mass is 9.90. The molecule has 0 unspecified atom stereocenters. The van der Waals surface area contributed by atoms with Crippen molar-refractivity contribution in [3.63, 3.8) is 0 Å². The van der Waals surface area contributed by atoms with Crippen molar-refractivity contribution in [2.75, 3.05) is 33.4 Å². The van der Waals surface area contributed by atoms with Crippen LogP contribution in [0.15, 0.2) is 48.7 Å². The van der Waals surface area contributed by atoms with Crippen LogP contribution in [0, 0.1) is 5.92 Å². The maximum absolute atomic E-state index is 12.9. The van der Waals surface area contributed by atoms with E-state index in [1.807, 2.05) is 11.0 Å². The van der Waals surface area contributed by atoms with Crippen molar-refractivity contribution in [2.45, 2.75) is 25.7 Å². The van der Waals surface area contributed by atoms with Crippen LogP contribution in [0.4, 0.5) is 0 Å². The van der Waals surface area contributed by atoms with E-state index in [4.69, 9.17) is 4.74 Å². The minimum atomic E-state index is -0.266. The molecule has 1 aromatic carbocycles. The molecule has 6 nitrogen and oxygen atoms in total. The number of rotatable bonds is 8. The SMILES string of the molecule is COCCCNC(=O)c1cc(C(=O)N2CCC(Cc3ccccc3)CC2)ccn1. The summed E-state index contributed by atoms with van der Waals surface area (Å²) >= 11 is 0. The highest BCUT2D eigenvalue weighted by Gasteiger charge is 2.24. The standard InChI is InChI=1S/C23H29N3O3/c1-29-15-5-11-25-22(27)21-17-20(8-12-24-21)23(28)26-13-9-19(10-14-26)16-18-6-3-2-4-7-18/h2-4,6-8,12,17,19H,5,9-11,13-16H2,1H3,(H,25,27). The molecule has 29 heavy (non-hydrogen) atoms. The summed E-state index contributed by atoms with van der Waals surface area (Å²) in [6.45, 7) is 2.60. The number of likely N-dealkylation sites (tertiary alicyclic amines) is 1. The maximum Gasteiger partial charge on any atom is 0.269 e. The summed E-state index contributed by atoms with van der Waals surface area (Å²) in [6, 6.07) is 13.8. The Bertz CT molecular complexity index is 802. The zero-order valence-corrected chi connectivity index (χ0v) is 17.0. The number of pyridine rings is 1. The van der Waals surface area contributed by atoms with Crippen molar-refractivity contribution >= 4 is 11.8 Å². The molecule has 1 N–H and O–H groups in total. The summed E-state index contributed by atoms with van der Waals surface area (Å²) in [7, 11) is 1.63. The van der Waals surface area contributed by atoms with Crippen molar-refractivity contribution in [1.82, 2.24) is 15.2 Å². The van der Waals surface area contributed by atoms with E-state index < -0.39 is 0 Å². The van der Waals surface area contributed by atoms with E-state index >= 15 is 0 Å². The average molecular weight is 396 g/mol. The molecule has 0 spiro atoms. The van der Waals surface area contributed by atoms with Crippen LogP contribution in [-0.4, -0.2) is 55.0 Å². The lowest BCUT2D eigenvalue weighted by molar-refractivity contribution is 0.0690. The molecule has 1 fully saturated rings. The summed E-state index contributed by atoms with van der Waals surface area (Å²) < 4.78 is 4.97. The minimum Gasteiger partial charge on any atom is -0.385 e. The van der Waals surface area contributed by atoms with Crippen LogP contribution >= 0.6 is 0 Å². The number of nitrogens with zero attached hydrogens (tertiary/aromatic N) is 2. The van der Waals surface area contributed by atoms with Crippen molar-refractivity contribution in [3.8, 4) is 0 Å². The Kier molecular flexibility index (Phi) is 7.76. The van der Waals surface area contributed by atoms with E-state index in [2.05, 4.69) is 34.6 Å². The van der Waals surface area contributed by atoms with Gasteiger partial charge in [0.25, 0.3) is 11.8 Å². The van der Waals surface area contributed by atoms with Gasteiger partial charge in [-0.05, 0) is 49.3 Å². The van der Waals surface area contributed by atoms with Gasteiger partial charge in [0.05, 0.1) is 0 Å². The summed E-state index contributed by atoms with van der Waals surface area (Å²) in [5.41, 5.74) is 2.14. The number of benzene rings is 1. The fraction of sp³-hybridized carbons (Fsp3) is 0.435. The fourth-order valence-corrected chi connectivity index (χ4v) is 3.67. The number of ether oxygens (including phenoxy) is 1. The number of nitrogens with one attached hydrogen (secondary N) is 1. The van der Waals surface area contributed by atoms with Gasteiger partial charge in [0.15, 0.2) is 0 Å². The molecule has 0 bridgehead atoms. The second kappa shape index (κ2) is 10.7. The molecule has 6 heteroatoms. The second-order valence-corrected chi connectivity index (χ2v) is 7.46. The quantitative estimate of drug-likeness (QED) is 0.698. The predicted octanol–water partition coefficient (Wildman–Crippen LogP) is 2.94. The Balaban J connectivity index is 1.52. The third-order valence-corrected chi connectivity index (χ3v) is 5.32. The van der Waals surface area contributed by atoms with E-state index in [-0.39, 0.29) is 17.5 Å². The zero-order valence-electron chi connectivity index (χ0n) is 17.0. The smallest absolute Gasteiger partial charge is 0.269 e.